The number of ether oxygens (including phenoxy) is 1. The van der Waals surface area contributed by atoms with E-state index in [0.29, 0.717) is 19.4 Å². The lowest BCUT2D eigenvalue weighted by Gasteiger charge is -2.51. The second-order valence-electron chi connectivity index (χ2n) is 13.8. The van der Waals surface area contributed by atoms with E-state index in [4.69, 9.17) is 4.74 Å². The fraction of sp³-hybridized carbons (Fsp3) is 0.381. The van der Waals surface area contributed by atoms with Crippen LogP contribution in [-0.2, 0) is 20.8 Å². The van der Waals surface area contributed by atoms with Crippen molar-refractivity contribution in [1.82, 2.24) is 15.5 Å². The first-order chi connectivity index (χ1) is 23.7. The molecule has 6 nitrogen and oxygen atoms in total. The summed E-state index contributed by atoms with van der Waals surface area (Å²) >= 11 is 1.93. The fourth-order valence-electron chi connectivity index (χ4n) is 6.93. The molecule has 0 saturated carbocycles. The van der Waals surface area contributed by atoms with E-state index in [1.165, 1.54) is 16.7 Å². The third-order valence-corrected chi connectivity index (χ3v) is 10.8. The summed E-state index contributed by atoms with van der Waals surface area (Å²) in [5.41, 5.74) is 3.26. The number of alkyl carbamates (subject to hydrolysis) is 1. The number of amides is 2. The normalized spacial score (nSPS) is 18.2. The first kappa shape index (κ1) is 36.2. The van der Waals surface area contributed by atoms with Gasteiger partial charge in [0.2, 0.25) is 5.91 Å². The van der Waals surface area contributed by atoms with Crippen molar-refractivity contribution in [2.24, 2.45) is 0 Å². The maximum atomic E-state index is 13.7. The summed E-state index contributed by atoms with van der Waals surface area (Å²) in [6.45, 7) is 8.40. The number of rotatable bonds is 14. The zero-order valence-electron chi connectivity index (χ0n) is 29.4. The van der Waals surface area contributed by atoms with Gasteiger partial charge in [0.1, 0.15) is 11.3 Å². The van der Waals surface area contributed by atoms with E-state index < -0.39 is 22.1 Å². The van der Waals surface area contributed by atoms with Gasteiger partial charge in [0.25, 0.3) is 0 Å². The smallest absolute Gasteiger partial charge is 0.409 e. The van der Waals surface area contributed by atoms with Gasteiger partial charge in [-0.3, -0.25) is 10.1 Å². The predicted octanol–water partition coefficient (Wildman–Crippen LogP) is 8.90. The van der Waals surface area contributed by atoms with E-state index in [-0.39, 0.29) is 18.5 Å². The van der Waals surface area contributed by atoms with Crippen LogP contribution < -0.4 is 10.6 Å². The van der Waals surface area contributed by atoms with Crippen LogP contribution in [0.1, 0.15) is 82.1 Å². The van der Waals surface area contributed by atoms with Gasteiger partial charge >= 0.3 is 6.09 Å². The lowest BCUT2D eigenvalue weighted by atomic mass is 9.84. The highest BCUT2D eigenvalue weighted by molar-refractivity contribution is 8.00. The Morgan fingerprint density at radius 1 is 0.837 bits per heavy atom. The summed E-state index contributed by atoms with van der Waals surface area (Å²) in [6.07, 6.45) is 3.59. The minimum Gasteiger partial charge on any atom is -0.444 e. The number of hydrogen-bond acceptors (Lipinski definition) is 5. The average Bonchev–Trinajstić information content (AvgIpc) is 3.11. The summed E-state index contributed by atoms with van der Waals surface area (Å²) in [7, 11) is 0. The molecule has 7 heteroatoms. The van der Waals surface area contributed by atoms with Crippen LogP contribution in [0.3, 0.4) is 0 Å². The molecule has 1 aliphatic rings. The summed E-state index contributed by atoms with van der Waals surface area (Å²) in [5.74, 6) is 0.866. The number of hydrogen-bond donors (Lipinski definition) is 2. The molecule has 1 unspecified atom stereocenters. The van der Waals surface area contributed by atoms with Crippen LogP contribution in [0.4, 0.5) is 4.79 Å². The third-order valence-electron chi connectivity index (χ3n) is 9.15. The Kier molecular flexibility index (Phi) is 12.2. The van der Waals surface area contributed by atoms with Crippen molar-refractivity contribution < 1.29 is 14.3 Å². The topological polar surface area (TPSA) is 70.7 Å². The third kappa shape index (κ3) is 8.94. The maximum absolute atomic E-state index is 13.7. The highest BCUT2D eigenvalue weighted by Gasteiger charge is 2.48. The van der Waals surface area contributed by atoms with E-state index in [9.17, 15) is 9.59 Å². The van der Waals surface area contributed by atoms with Crippen molar-refractivity contribution in [2.45, 2.75) is 88.4 Å². The van der Waals surface area contributed by atoms with E-state index in [2.05, 4.69) is 121 Å². The van der Waals surface area contributed by atoms with Gasteiger partial charge in [0, 0.05) is 6.54 Å². The molecule has 1 saturated heterocycles. The van der Waals surface area contributed by atoms with E-state index in [1.54, 1.807) is 0 Å². The van der Waals surface area contributed by atoms with E-state index in [1.807, 2.05) is 55.6 Å². The second-order valence-corrected chi connectivity index (χ2v) is 15.2. The lowest BCUT2D eigenvalue weighted by molar-refractivity contribution is -0.142. The van der Waals surface area contributed by atoms with Gasteiger partial charge in [0.15, 0.2) is 0 Å². The van der Waals surface area contributed by atoms with Gasteiger partial charge < -0.3 is 15.0 Å². The van der Waals surface area contributed by atoms with Crippen molar-refractivity contribution in [3.05, 3.63) is 144 Å². The Morgan fingerprint density at radius 2 is 1.35 bits per heavy atom. The van der Waals surface area contributed by atoms with Gasteiger partial charge in [-0.1, -0.05) is 135 Å². The molecule has 2 atom stereocenters. The van der Waals surface area contributed by atoms with Gasteiger partial charge in [-0.05, 0) is 74.5 Å². The summed E-state index contributed by atoms with van der Waals surface area (Å²) in [4.78, 5) is 29.2. The number of nitrogens with one attached hydrogen (secondary N) is 2. The van der Waals surface area contributed by atoms with Gasteiger partial charge in [-0.25, -0.2) is 4.79 Å². The Hall–Kier alpha value is -4.07. The zero-order valence-corrected chi connectivity index (χ0v) is 30.2. The summed E-state index contributed by atoms with van der Waals surface area (Å²) in [6, 6.07) is 42.0. The van der Waals surface area contributed by atoms with Gasteiger partial charge in [-0.2, -0.15) is 0 Å². The van der Waals surface area contributed by atoms with E-state index >= 15 is 0 Å². The van der Waals surface area contributed by atoms with Crippen LogP contribution in [-0.4, -0.2) is 46.5 Å². The van der Waals surface area contributed by atoms with Crippen molar-refractivity contribution in [1.29, 1.82) is 0 Å². The fourth-order valence-corrected chi connectivity index (χ4v) is 8.46. The average molecular weight is 678 g/mol. The molecule has 1 aliphatic heterocycles. The van der Waals surface area contributed by atoms with Crippen molar-refractivity contribution in [3.63, 3.8) is 0 Å². The monoisotopic (exact) mass is 677 g/mol. The molecule has 2 amide bonds. The molecule has 1 heterocycles. The van der Waals surface area contributed by atoms with Crippen LogP contribution in [0.5, 0.6) is 0 Å². The molecule has 0 aliphatic carbocycles. The molecule has 258 valence electrons. The molecule has 0 radical (unpaired) electrons. The molecule has 0 bridgehead atoms. The Morgan fingerprint density at radius 3 is 1.84 bits per heavy atom. The summed E-state index contributed by atoms with van der Waals surface area (Å²) < 4.78 is 5.37. The number of carbonyl (C=O) groups is 2. The standard InChI is InChI=1S/C42H51N3O3S/c1-5-6-29-41(44-39(47)48-40(2,3)4)37(45(38(46)31-43-41)32-33-20-11-7-12-21-33)28-19-30-49-42(34-22-13-8-14-23-34,35-24-15-9-16-25-35)36-26-17-10-18-27-36/h7-18,20-27,37,43H,5-6,19,28-32H2,1-4H3,(H,44,47)/t37?,41-/m0/s1. The van der Waals surface area contributed by atoms with Crippen LogP contribution in [0.15, 0.2) is 121 Å². The molecular weight excluding hydrogens is 627 g/mol. The molecule has 0 spiro atoms. The minimum absolute atomic E-state index is 0.0341. The molecular formula is C42H51N3O3S. The quantitative estimate of drug-likeness (QED) is 0.103. The number of carbonyl (C=O) groups excluding carboxylic acids is 2. The maximum Gasteiger partial charge on any atom is 0.409 e. The van der Waals surface area contributed by atoms with Crippen LogP contribution >= 0.6 is 11.8 Å². The predicted molar refractivity (Wildman–Crippen MR) is 201 cm³/mol. The van der Waals surface area contributed by atoms with Gasteiger partial charge in [0.05, 0.1) is 17.3 Å². The SMILES string of the molecule is CCCC[C@@]1(NC(=O)OC(C)(C)C)NCC(=O)N(Cc2ccccc2)C1CCCSC(c1ccccc1)(c1ccccc1)c1ccccc1. The Balaban J connectivity index is 1.49. The second kappa shape index (κ2) is 16.6. The highest BCUT2D eigenvalue weighted by Crippen LogP contribution is 2.49. The molecule has 2 N–H and O–H groups in total. The largest absolute Gasteiger partial charge is 0.444 e. The molecule has 5 rings (SSSR count). The molecule has 0 aromatic heterocycles. The summed E-state index contributed by atoms with van der Waals surface area (Å²) in [5, 5.41) is 6.80. The zero-order chi connectivity index (χ0) is 34.7. The van der Waals surface area contributed by atoms with Crippen molar-refractivity contribution >= 4 is 23.8 Å². The molecule has 4 aromatic rings. The molecule has 49 heavy (non-hydrogen) atoms. The minimum atomic E-state index is -0.832. The first-order valence-electron chi connectivity index (χ1n) is 17.6. The van der Waals surface area contributed by atoms with E-state index in [0.717, 1.165) is 30.6 Å². The number of nitrogens with zero attached hydrogens (tertiary/aromatic N) is 1. The number of unbranched alkanes of at least 4 members (excludes halogenated alkanes) is 1. The van der Waals surface area contributed by atoms with Crippen molar-refractivity contribution in [2.75, 3.05) is 12.3 Å². The van der Waals surface area contributed by atoms with Crippen molar-refractivity contribution in [3.8, 4) is 0 Å². The van der Waals surface area contributed by atoms with Crippen LogP contribution in [0.25, 0.3) is 0 Å². The van der Waals surface area contributed by atoms with Crippen LogP contribution in [0.2, 0.25) is 0 Å². The number of benzene rings is 4. The number of piperazine rings is 1. The van der Waals surface area contributed by atoms with Crippen LogP contribution in [0, 0.1) is 0 Å². The molecule has 4 aromatic carbocycles. The van der Waals surface area contributed by atoms with Gasteiger partial charge in [-0.15, -0.1) is 11.8 Å². The first-order valence-corrected chi connectivity index (χ1v) is 18.6. The Bertz CT molecular complexity index is 1520. The Labute approximate surface area is 297 Å². The lowest BCUT2D eigenvalue weighted by Crippen LogP contribution is -2.75. The highest BCUT2D eigenvalue weighted by atomic mass is 32.2. The number of thioether (sulfide) groups is 1. The molecule has 1 fully saturated rings.